The van der Waals surface area contributed by atoms with Crippen molar-refractivity contribution in [1.29, 1.82) is 0 Å². The monoisotopic (exact) mass is 380 g/mol. The van der Waals surface area contributed by atoms with Crippen molar-refractivity contribution in [3.8, 4) is 5.75 Å². The first-order valence-electron chi connectivity index (χ1n) is 8.76. The molecular formula is C22H21FN2OS. The van der Waals surface area contributed by atoms with Crippen molar-refractivity contribution in [3.05, 3.63) is 89.7 Å². The van der Waals surface area contributed by atoms with Crippen molar-refractivity contribution in [2.75, 3.05) is 10.2 Å². The molecule has 0 amide bonds. The van der Waals surface area contributed by atoms with Gasteiger partial charge in [-0.05, 0) is 66.7 Å². The summed E-state index contributed by atoms with van der Waals surface area (Å²) in [6, 6.07) is 21.3. The zero-order chi connectivity index (χ0) is 19.2. The Morgan fingerprint density at radius 1 is 1.04 bits per heavy atom. The van der Waals surface area contributed by atoms with E-state index in [1.54, 1.807) is 24.3 Å². The fourth-order valence-corrected chi connectivity index (χ4v) is 3.06. The lowest BCUT2D eigenvalue weighted by atomic mass is 10.1. The molecule has 0 unspecified atom stereocenters. The third-order valence-electron chi connectivity index (χ3n) is 4.29. The van der Waals surface area contributed by atoms with Gasteiger partial charge >= 0.3 is 0 Å². The van der Waals surface area contributed by atoms with Gasteiger partial charge in [-0.25, -0.2) is 4.39 Å². The maximum atomic E-state index is 13.4. The highest BCUT2D eigenvalue weighted by Crippen LogP contribution is 2.24. The average Bonchev–Trinajstić information content (AvgIpc) is 2.68. The van der Waals surface area contributed by atoms with Crippen LogP contribution in [0.2, 0.25) is 0 Å². The van der Waals surface area contributed by atoms with Gasteiger partial charge in [-0.2, -0.15) is 0 Å². The lowest BCUT2D eigenvalue weighted by molar-refractivity contribution is 0.468. The number of anilines is 2. The number of hydrogen-bond acceptors (Lipinski definition) is 2. The van der Waals surface area contributed by atoms with E-state index in [0.717, 1.165) is 23.4 Å². The number of rotatable bonds is 5. The molecule has 2 N–H and O–H groups in total. The number of benzene rings is 3. The van der Waals surface area contributed by atoms with Crippen molar-refractivity contribution in [2.24, 2.45) is 0 Å². The minimum atomic E-state index is -0.309. The molecule has 0 aliphatic heterocycles. The largest absolute Gasteiger partial charge is 0.508 e. The SMILES string of the molecule is CCc1cccc(NC(=S)N(Cc2ccccc2O)c2ccc(F)cc2)c1. The number of nitrogens with zero attached hydrogens (tertiary/aromatic N) is 1. The molecule has 0 saturated heterocycles. The van der Waals surface area contributed by atoms with Crippen LogP contribution in [0.4, 0.5) is 15.8 Å². The molecule has 3 aromatic carbocycles. The van der Waals surface area contributed by atoms with Gasteiger partial charge in [-0.1, -0.05) is 37.3 Å². The predicted octanol–water partition coefficient (Wildman–Crippen LogP) is 5.50. The Labute approximate surface area is 164 Å². The molecule has 0 radical (unpaired) electrons. The smallest absolute Gasteiger partial charge is 0.178 e. The zero-order valence-corrected chi connectivity index (χ0v) is 15.8. The highest BCUT2D eigenvalue weighted by Gasteiger charge is 2.15. The van der Waals surface area contributed by atoms with Crippen LogP contribution in [0, 0.1) is 5.82 Å². The van der Waals surface area contributed by atoms with E-state index in [1.165, 1.54) is 17.7 Å². The molecular weight excluding hydrogens is 359 g/mol. The molecule has 0 aromatic heterocycles. The molecule has 27 heavy (non-hydrogen) atoms. The number of halogens is 1. The van der Waals surface area contributed by atoms with E-state index in [2.05, 4.69) is 24.4 Å². The van der Waals surface area contributed by atoms with Gasteiger partial charge in [-0.3, -0.25) is 0 Å². The Balaban J connectivity index is 1.89. The van der Waals surface area contributed by atoms with Crippen LogP contribution in [0.25, 0.3) is 0 Å². The molecule has 0 saturated carbocycles. The van der Waals surface area contributed by atoms with Crippen LogP contribution in [-0.2, 0) is 13.0 Å². The van der Waals surface area contributed by atoms with Crippen molar-refractivity contribution >= 4 is 28.7 Å². The second-order valence-corrected chi connectivity index (χ2v) is 6.56. The predicted molar refractivity (Wildman–Crippen MR) is 113 cm³/mol. The molecule has 0 atom stereocenters. The van der Waals surface area contributed by atoms with Gasteiger partial charge in [-0.15, -0.1) is 0 Å². The fraction of sp³-hybridized carbons (Fsp3) is 0.136. The molecule has 3 aromatic rings. The van der Waals surface area contributed by atoms with Gasteiger partial charge in [0.2, 0.25) is 0 Å². The van der Waals surface area contributed by atoms with E-state index in [9.17, 15) is 9.50 Å². The Morgan fingerprint density at radius 2 is 1.78 bits per heavy atom. The first-order chi connectivity index (χ1) is 13.1. The lowest BCUT2D eigenvalue weighted by Crippen LogP contribution is -2.34. The Hall–Kier alpha value is -2.92. The summed E-state index contributed by atoms with van der Waals surface area (Å²) in [5, 5.41) is 13.9. The molecule has 0 spiro atoms. The standard InChI is InChI=1S/C22H21FN2OS/c1-2-16-6-5-8-19(14-16)24-22(27)25(20-12-10-18(23)11-13-20)15-17-7-3-4-9-21(17)26/h3-14,26H,2,15H2,1H3,(H,24,27). The normalized spacial score (nSPS) is 10.4. The first-order valence-corrected chi connectivity index (χ1v) is 9.17. The Kier molecular flexibility index (Phi) is 6.04. The molecule has 0 aliphatic carbocycles. The number of aromatic hydroxyl groups is 1. The van der Waals surface area contributed by atoms with Crippen LogP contribution in [0.15, 0.2) is 72.8 Å². The molecule has 0 fully saturated rings. The van der Waals surface area contributed by atoms with Crippen molar-refractivity contribution < 1.29 is 9.50 Å². The Morgan fingerprint density at radius 3 is 2.48 bits per heavy atom. The quantitative estimate of drug-likeness (QED) is 0.573. The highest BCUT2D eigenvalue weighted by atomic mass is 32.1. The van der Waals surface area contributed by atoms with E-state index >= 15 is 0 Å². The summed E-state index contributed by atoms with van der Waals surface area (Å²) in [5.41, 5.74) is 3.57. The van der Waals surface area contributed by atoms with Crippen molar-refractivity contribution in [2.45, 2.75) is 19.9 Å². The summed E-state index contributed by atoms with van der Waals surface area (Å²) < 4.78 is 13.4. The van der Waals surface area contributed by atoms with Crippen molar-refractivity contribution in [3.63, 3.8) is 0 Å². The van der Waals surface area contributed by atoms with Gasteiger partial charge in [0.25, 0.3) is 0 Å². The van der Waals surface area contributed by atoms with Crippen LogP contribution in [0.1, 0.15) is 18.1 Å². The van der Waals surface area contributed by atoms with Crippen LogP contribution in [0.3, 0.4) is 0 Å². The van der Waals surface area contributed by atoms with Gasteiger partial charge in [0.1, 0.15) is 11.6 Å². The lowest BCUT2D eigenvalue weighted by Gasteiger charge is -2.26. The van der Waals surface area contributed by atoms with Gasteiger partial charge in [0.15, 0.2) is 5.11 Å². The van der Waals surface area contributed by atoms with E-state index < -0.39 is 0 Å². The fourth-order valence-electron chi connectivity index (χ4n) is 2.78. The highest BCUT2D eigenvalue weighted by molar-refractivity contribution is 7.80. The maximum Gasteiger partial charge on any atom is 0.178 e. The first kappa shape index (κ1) is 18.9. The van der Waals surface area contributed by atoms with E-state index in [-0.39, 0.29) is 11.6 Å². The van der Waals surface area contributed by atoms with Gasteiger partial charge in [0, 0.05) is 16.9 Å². The second-order valence-electron chi connectivity index (χ2n) is 6.18. The summed E-state index contributed by atoms with van der Waals surface area (Å²) in [6.45, 7) is 2.46. The van der Waals surface area contributed by atoms with Crippen molar-refractivity contribution in [1.82, 2.24) is 0 Å². The van der Waals surface area contributed by atoms with Crippen LogP contribution < -0.4 is 10.2 Å². The average molecular weight is 380 g/mol. The minimum Gasteiger partial charge on any atom is -0.508 e. The summed E-state index contributed by atoms with van der Waals surface area (Å²) in [5.74, 6) is -0.115. The molecule has 3 rings (SSSR count). The third kappa shape index (κ3) is 4.83. The number of phenols is 1. The molecule has 0 heterocycles. The number of aryl methyl sites for hydroxylation is 1. The molecule has 0 aliphatic rings. The molecule has 3 nitrogen and oxygen atoms in total. The zero-order valence-electron chi connectivity index (χ0n) is 15.0. The maximum absolute atomic E-state index is 13.4. The number of para-hydroxylation sites is 1. The Bertz CT molecular complexity index is 928. The van der Waals surface area contributed by atoms with Gasteiger partial charge in [0.05, 0.1) is 6.54 Å². The van der Waals surface area contributed by atoms with Crippen LogP contribution in [-0.4, -0.2) is 10.2 Å². The minimum absolute atomic E-state index is 0.195. The molecule has 5 heteroatoms. The number of phenolic OH excluding ortho intramolecular Hbond substituents is 1. The van der Waals surface area contributed by atoms with Gasteiger partial charge < -0.3 is 15.3 Å². The molecule has 0 bridgehead atoms. The summed E-state index contributed by atoms with van der Waals surface area (Å²) in [4.78, 5) is 1.84. The second kappa shape index (κ2) is 8.64. The number of thiocarbonyl (C=S) groups is 1. The summed E-state index contributed by atoms with van der Waals surface area (Å²) in [6.07, 6.45) is 0.932. The van der Waals surface area contributed by atoms with Crippen LogP contribution in [0.5, 0.6) is 5.75 Å². The number of nitrogens with one attached hydrogen (secondary N) is 1. The molecule has 138 valence electrons. The topological polar surface area (TPSA) is 35.5 Å². The number of hydrogen-bond donors (Lipinski definition) is 2. The third-order valence-corrected chi connectivity index (χ3v) is 4.61. The van der Waals surface area contributed by atoms with E-state index in [1.807, 2.05) is 29.2 Å². The van der Waals surface area contributed by atoms with Crippen LogP contribution >= 0.6 is 12.2 Å². The summed E-state index contributed by atoms with van der Waals surface area (Å²) >= 11 is 5.63. The van der Waals surface area contributed by atoms with E-state index in [0.29, 0.717) is 11.7 Å². The van der Waals surface area contributed by atoms with E-state index in [4.69, 9.17) is 12.2 Å². The summed E-state index contributed by atoms with van der Waals surface area (Å²) in [7, 11) is 0.